The predicted molar refractivity (Wildman–Crippen MR) is 113 cm³/mol. The Hall–Kier alpha value is -2.44. The zero-order chi connectivity index (χ0) is 20.1. The van der Waals surface area contributed by atoms with Gasteiger partial charge in [-0.25, -0.2) is 0 Å². The molecule has 0 spiro atoms. The van der Waals surface area contributed by atoms with Gasteiger partial charge in [0.15, 0.2) is 5.75 Å². The number of hydrogen-bond donors (Lipinski definition) is 1. The fourth-order valence-electron chi connectivity index (χ4n) is 2.63. The van der Waals surface area contributed by atoms with Crippen molar-refractivity contribution in [1.29, 1.82) is 0 Å². The van der Waals surface area contributed by atoms with Gasteiger partial charge in [-0.3, -0.25) is 4.79 Å². The van der Waals surface area contributed by atoms with Crippen LogP contribution in [0.3, 0.4) is 0 Å². The molecule has 1 amide bonds. The number of thioether (sulfide) groups is 1. The maximum atomic E-state index is 12.4. The molecule has 1 aromatic heterocycles. The summed E-state index contributed by atoms with van der Waals surface area (Å²) in [5.74, 6) is 2.85. The Kier molecular flexibility index (Phi) is 6.65. The van der Waals surface area contributed by atoms with E-state index in [0.717, 1.165) is 22.6 Å². The normalized spacial score (nSPS) is 10.7. The summed E-state index contributed by atoms with van der Waals surface area (Å²) in [6, 6.07) is 12.9. The van der Waals surface area contributed by atoms with Gasteiger partial charge in [-0.2, -0.15) is 0 Å². The van der Waals surface area contributed by atoms with Crippen LogP contribution in [0.5, 0.6) is 11.5 Å². The van der Waals surface area contributed by atoms with Gasteiger partial charge in [0.2, 0.25) is 5.91 Å². The number of ether oxygens (including phenoxy) is 1. The molecule has 0 aliphatic heterocycles. The number of rotatable bonds is 7. The standard InChI is InChI=1S/C21H21ClN2O3S/c1-13-5-4-6-17(9-13)26-20-8-7-16(22)10-19(20)23-21(25)12-28-11-18-14(2)24-27-15(18)3/h4-10H,11-12H2,1-3H3,(H,23,25). The molecular formula is C21H21ClN2O3S. The van der Waals surface area contributed by atoms with Crippen LogP contribution < -0.4 is 10.1 Å². The first kappa shape index (κ1) is 20.3. The number of nitrogens with zero attached hydrogens (tertiary/aromatic N) is 1. The molecule has 3 rings (SSSR count). The lowest BCUT2D eigenvalue weighted by atomic mass is 10.2. The van der Waals surface area contributed by atoms with E-state index in [2.05, 4.69) is 10.5 Å². The number of carbonyl (C=O) groups excluding carboxylic acids is 1. The number of halogens is 1. The lowest BCUT2D eigenvalue weighted by Crippen LogP contribution is -2.15. The van der Waals surface area contributed by atoms with Crippen molar-refractivity contribution in [1.82, 2.24) is 5.16 Å². The minimum absolute atomic E-state index is 0.131. The van der Waals surface area contributed by atoms with Crippen molar-refractivity contribution < 1.29 is 14.1 Å². The third kappa shape index (κ3) is 5.30. The number of hydrogen-bond acceptors (Lipinski definition) is 5. The number of aromatic nitrogens is 1. The highest BCUT2D eigenvalue weighted by Crippen LogP contribution is 2.32. The second-order valence-electron chi connectivity index (χ2n) is 6.40. The average Bonchev–Trinajstić information content (AvgIpc) is 2.96. The van der Waals surface area contributed by atoms with Gasteiger partial charge in [-0.1, -0.05) is 28.9 Å². The maximum Gasteiger partial charge on any atom is 0.234 e. The van der Waals surface area contributed by atoms with E-state index in [1.807, 2.05) is 45.0 Å². The van der Waals surface area contributed by atoms with Crippen LogP contribution in [0, 0.1) is 20.8 Å². The molecule has 0 unspecified atom stereocenters. The van der Waals surface area contributed by atoms with Crippen LogP contribution in [0.15, 0.2) is 47.0 Å². The van der Waals surface area contributed by atoms with Gasteiger partial charge in [0, 0.05) is 16.3 Å². The first-order chi connectivity index (χ1) is 13.4. The SMILES string of the molecule is Cc1cccc(Oc2ccc(Cl)cc2NC(=O)CSCc2c(C)noc2C)c1. The third-order valence-electron chi connectivity index (χ3n) is 4.09. The van der Waals surface area contributed by atoms with Crippen molar-refractivity contribution in [3.63, 3.8) is 0 Å². The number of anilines is 1. The molecule has 5 nitrogen and oxygen atoms in total. The number of carbonyl (C=O) groups is 1. The Balaban J connectivity index is 1.64. The van der Waals surface area contributed by atoms with Gasteiger partial charge in [-0.05, 0) is 56.7 Å². The molecule has 146 valence electrons. The van der Waals surface area contributed by atoms with Crippen molar-refractivity contribution in [2.45, 2.75) is 26.5 Å². The van der Waals surface area contributed by atoms with Gasteiger partial charge in [0.1, 0.15) is 11.5 Å². The first-order valence-corrected chi connectivity index (χ1v) is 10.3. The molecule has 0 atom stereocenters. The van der Waals surface area contributed by atoms with Crippen LogP contribution >= 0.6 is 23.4 Å². The van der Waals surface area contributed by atoms with Gasteiger partial charge in [0.05, 0.1) is 17.1 Å². The first-order valence-electron chi connectivity index (χ1n) is 8.76. The van der Waals surface area contributed by atoms with Crippen LogP contribution in [0.25, 0.3) is 0 Å². The molecule has 0 aliphatic carbocycles. The Morgan fingerprint density at radius 2 is 2.04 bits per heavy atom. The molecule has 0 radical (unpaired) electrons. The molecule has 0 saturated heterocycles. The van der Waals surface area contributed by atoms with Gasteiger partial charge in [0.25, 0.3) is 0 Å². The van der Waals surface area contributed by atoms with Crippen LogP contribution in [0.1, 0.15) is 22.6 Å². The fourth-order valence-corrected chi connectivity index (χ4v) is 3.78. The van der Waals surface area contributed by atoms with E-state index in [0.29, 0.717) is 33.7 Å². The van der Waals surface area contributed by atoms with E-state index >= 15 is 0 Å². The van der Waals surface area contributed by atoms with Crippen LogP contribution in [-0.2, 0) is 10.5 Å². The summed E-state index contributed by atoms with van der Waals surface area (Å²) < 4.78 is 11.1. The molecule has 0 aliphatic rings. The van der Waals surface area contributed by atoms with E-state index in [-0.39, 0.29) is 5.91 Å². The van der Waals surface area contributed by atoms with E-state index in [4.69, 9.17) is 20.9 Å². The van der Waals surface area contributed by atoms with Crippen molar-refractivity contribution >= 4 is 35.0 Å². The summed E-state index contributed by atoms with van der Waals surface area (Å²) in [4.78, 5) is 12.4. The highest BCUT2D eigenvalue weighted by Gasteiger charge is 2.13. The molecule has 2 aromatic carbocycles. The third-order valence-corrected chi connectivity index (χ3v) is 5.29. The predicted octanol–water partition coefficient (Wildman–Crippen LogP) is 5.92. The summed E-state index contributed by atoms with van der Waals surface area (Å²) in [6.07, 6.45) is 0. The minimum atomic E-state index is -0.131. The van der Waals surface area contributed by atoms with Gasteiger partial charge in [-0.15, -0.1) is 11.8 Å². The molecule has 28 heavy (non-hydrogen) atoms. The zero-order valence-corrected chi connectivity index (χ0v) is 17.5. The molecular weight excluding hydrogens is 396 g/mol. The van der Waals surface area contributed by atoms with Crippen LogP contribution in [-0.4, -0.2) is 16.8 Å². The fraction of sp³-hybridized carbons (Fsp3) is 0.238. The molecule has 0 fully saturated rings. The number of aryl methyl sites for hydroxylation is 3. The molecule has 0 saturated carbocycles. The summed E-state index contributed by atoms with van der Waals surface area (Å²) in [5.41, 5.74) is 3.52. The molecule has 7 heteroatoms. The summed E-state index contributed by atoms with van der Waals surface area (Å²) in [7, 11) is 0. The van der Waals surface area contributed by atoms with E-state index in [1.54, 1.807) is 18.2 Å². The lowest BCUT2D eigenvalue weighted by Gasteiger charge is -2.13. The summed E-state index contributed by atoms with van der Waals surface area (Å²) in [6.45, 7) is 5.76. The summed E-state index contributed by atoms with van der Waals surface area (Å²) in [5, 5.41) is 7.34. The van der Waals surface area contributed by atoms with Gasteiger partial charge < -0.3 is 14.6 Å². The maximum absolute atomic E-state index is 12.4. The van der Waals surface area contributed by atoms with E-state index in [9.17, 15) is 4.79 Å². The average molecular weight is 417 g/mol. The second kappa shape index (κ2) is 9.17. The minimum Gasteiger partial charge on any atom is -0.455 e. The molecule has 1 N–H and O–H groups in total. The van der Waals surface area contributed by atoms with Crippen LogP contribution in [0.2, 0.25) is 5.02 Å². The van der Waals surface area contributed by atoms with E-state index in [1.165, 1.54) is 11.8 Å². The van der Waals surface area contributed by atoms with Crippen LogP contribution in [0.4, 0.5) is 5.69 Å². The topological polar surface area (TPSA) is 64.4 Å². The largest absolute Gasteiger partial charge is 0.455 e. The Morgan fingerprint density at radius 3 is 2.75 bits per heavy atom. The highest BCUT2D eigenvalue weighted by atomic mass is 35.5. The number of benzene rings is 2. The van der Waals surface area contributed by atoms with Crippen molar-refractivity contribution in [2.75, 3.05) is 11.1 Å². The number of nitrogens with one attached hydrogen (secondary N) is 1. The molecule has 1 heterocycles. The quantitative estimate of drug-likeness (QED) is 0.518. The summed E-state index contributed by atoms with van der Waals surface area (Å²) >= 11 is 7.60. The zero-order valence-electron chi connectivity index (χ0n) is 15.9. The lowest BCUT2D eigenvalue weighted by molar-refractivity contribution is -0.113. The Labute approximate surface area is 173 Å². The molecule has 3 aromatic rings. The Bertz CT molecular complexity index is 968. The smallest absolute Gasteiger partial charge is 0.234 e. The van der Waals surface area contributed by atoms with Gasteiger partial charge >= 0.3 is 0 Å². The van der Waals surface area contributed by atoms with Crippen molar-refractivity contribution in [2.24, 2.45) is 0 Å². The second-order valence-corrected chi connectivity index (χ2v) is 7.82. The van der Waals surface area contributed by atoms with Crippen molar-refractivity contribution in [3.8, 4) is 11.5 Å². The van der Waals surface area contributed by atoms with E-state index < -0.39 is 0 Å². The Morgan fingerprint density at radius 1 is 1.21 bits per heavy atom. The highest BCUT2D eigenvalue weighted by molar-refractivity contribution is 7.99. The molecule has 0 bridgehead atoms. The monoisotopic (exact) mass is 416 g/mol. The van der Waals surface area contributed by atoms with Crippen molar-refractivity contribution in [3.05, 3.63) is 70.1 Å². The number of amides is 1.